The molecule has 1 fully saturated rings. The Kier molecular flexibility index (Phi) is 5.80. The lowest BCUT2D eigenvalue weighted by molar-refractivity contribution is 0.254. The first-order valence-electron chi connectivity index (χ1n) is 7.83. The second-order valence-electron chi connectivity index (χ2n) is 5.61. The molecule has 4 heteroatoms. The summed E-state index contributed by atoms with van der Waals surface area (Å²) in [5.41, 5.74) is 1.26. The standard InChI is InChI=1S/C16H27N3O/c1-3-17-13(2)14-8-9-18-16(11-14)19-10-6-4-5-7-15(19)12-20/h8-9,11,13,15,17,20H,3-7,10,12H2,1-2H3. The molecule has 4 nitrogen and oxygen atoms in total. The van der Waals surface area contributed by atoms with Crippen LogP contribution in [0.3, 0.4) is 0 Å². The molecule has 1 aromatic heterocycles. The zero-order valence-electron chi connectivity index (χ0n) is 12.7. The molecule has 20 heavy (non-hydrogen) atoms. The summed E-state index contributed by atoms with van der Waals surface area (Å²) in [4.78, 5) is 6.82. The van der Waals surface area contributed by atoms with Gasteiger partial charge in [0.25, 0.3) is 0 Å². The summed E-state index contributed by atoms with van der Waals surface area (Å²) in [6, 6.07) is 4.79. The van der Waals surface area contributed by atoms with Gasteiger partial charge in [0.1, 0.15) is 5.82 Å². The Labute approximate surface area is 122 Å². The van der Waals surface area contributed by atoms with Gasteiger partial charge < -0.3 is 15.3 Å². The van der Waals surface area contributed by atoms with E-state index in [9.17, 15) is 5.11 Å². The number of aliphatic hydroxyl groups is 1. The van der Waals surface area contributed by atoms with E-state index >= 15 is 0 Å². The summed E-state index contributed by atoms with van der Waals surface area (Å²) in [7, 11) is 0. The highest BCUT2D eigenvalue weighted by atomic mass is 16.3. The molecular formula is C16H27N3O. The average Bonchev–Trinajstić information content (AvgIpc) is 2.72. The molecule has 1 saturated heterocycles. The molecule has 2 heterocycles. The van der Waals surface area contributed by atoms with Gasteiger partial charge in [-0.15, -0.1) is 0 Å². The van der Waals surface area contributed by atoms with E-state index in [2.05, 4.69) is 41.2 Å². The normalized spacial score (nSPS) is 21.6. The average molecular weight is 277 g/mol. The predicted octanol–water partition coefficient (Wildman–Crippen LogP) is 2.49. The lowest BCUT2D eigenvalue weighted by Crippen LogP contribution is -2.38. The van der Waals surface area contributed by atoms with Crippen molar-refractivity contribution in [3.63, 3.8) is 0 Å². The van der Waals surface area contributed by atoms with Gasteiger partial charge in [-0.05, 0) is 44.0 Å². The lowest BCUT2D eigenvalue weighted by Gasteiger charge is -2.30. The maximum absolute atomic E-state index is 9.63. The Balaban J connectivity index is 2.19. The summed E-state index contributed by atoms with van der Waals surface area (Å²) in [6.45, 7) is 6.47. The van der Waals surface area contributed by atoms with Crippen molar-refractivity contribution in [1.82, 2.24) is 10.3 Å². The summed E-state index contributed by atoms with van der Waals surface area (Å²) < 4.78 is 0. The number of rotatable bonds is 5. The van der Waals surface area contributed by atoms with Crippen molar-refractivity contribution in [1.29, 1.82) is 0 Å². The van der Waals surface area contributed by atoms with Crippen molar-refractivity contribution in [2.45, 2.75) is 51.6 Å². The zero-order valence-corrected chi connectivity index (χ0v) is 12.7. The van der Waals surface area contributed by atoms with Gasteiger partial charge in [-0.3, -0.25) is 0 Å². The second-order valence-corrected chi connectivity index (χ2v) is 5.61. The molecule has 0 aliphatic carbocycles. The van der Waals surface area contributed by atoms with Gasteiger partial charge >= 0.3 is 0 Å². The molecule has 2 rings (SSSR count). The highest BCUT2D eigenvalue weighted by molar-refractivity contribution is 5.43. The van der Waals surface area contributed by atoms with Crippen LogP contribution >= 0.6 is 0 Å². The highest BCUT2D eigenvalue weighted by Gasteiger charge is 2.22. The largest absolute Gasteiger partial charge is 0.394 e. The Bertz CT molecular complexity index is 410. The molecule has 1 aliphatic heterocycles. The number of nitrogens with zero attached hydrogens (tertiary/aromatic N) is 2. The molecule has 2 N–H and O–H groups in total. The van der Waals surface area contributed by atoms with Gasteiger partial charge in [-0.2, -0.15) is 0 Å². The Morgan fingerprint density at radius 3 is 3.05 bits per heavy atom. The molecule has 0 bridgehead atoms. The monoisotopic (exact) mass is 277 g/mol. The maximum atomic E-state index is 9.63. The van der Waals surface area contributed by atoms with Crippen LogP contribution in [0, 0.1) is 0 Å². The number of aromatic nitrogens is 1. The number of hydrogen-bond acceptors (Lipinski definition) is 4. The van der Waals surface area contributed by atoms with Crippen molar-refractivity contribution >= 4 is 5.82 Å². The van der Waals surface area contributed by atoms with Crippen LogP contribution in [0.15, 0.2) is 18.3 Å². The third-order valence-corrected chi connectivity index (χ3v) is 4.16. The minimum atomic E-state index is 0.217. The molecule has 2 atom stereocenters. The van der Waals surface area contributed by atoms with E-state index in [0.717, 1.165) is 25.3 Å². The number of nitrogens with one attached hydrogen (secondary N) is 1. The van der Waals surface area contributed by atoms with Crippen molar-refractivity contribution in [3.8, 4) is 0 Å². The molecule has 112 valence electrons. The fourth-order valence-electron chi connectivity index (χ4n) is 2.95. The number of pyridine rings is 1. The Hall–Kier alpha value is -1.13. The molecular weight excluding hydrogens is 250 g/mol. The highest BCUT2D eigenvalue weighted by Crippen LogP contribution is 2.24. The smallest absolute Gasteiger partial charge is 0.129 e. The maximum Gasteiger partial charge on any atom is 0.129 e. The van der Waals surface area contributed by atoms with Gasteiger partial charge in [-0.1, -0.05) is 19.8 Å². The summed E-state index contributed by atoms with van der Waals surface area (Å²) >= 11 is 0. The molecule has 1 aromatic rings. The first kappa shape index (κ1) is 15.3. The van der Waals surface area contributed by atoms with E-state index in [-0.39, 0.29) is 12.6 Å². The van der Waals surface area contributed by atoms with E-state index in [1.807, 2.05) is 6.20 Å². The Morgan fingerprint density at radius 1 is 1.45 bits per heavy atom. The van der Waals surface area contributed by atoms with Crippen LogP contribution in [0.1, 0.15) is 51.1 Å². The van der Waals surface area contributed by atoms with Crippen LogP contribution in [-0.4, -0.2) is 35.8 Å². The van der Waals surface area contributed by atoms with Crippen LogP contribution in [0.5, 0.6) is 0 Å². The minimum Gasteiger partial charge on any atom is -0.394 e. The predicted molar refractivity (Wildman–Crippen MR) is 83.0 cm³/mol. The van der Waals surface area contributed by atoms with Crippen LogP contribution in [0.25, 0.3) is 0 Å². The van der Waals surface area contributed by atoms with Crippen LogP contribution in [0.4, 0.5) is 5.82 Å². The molecule has 0 spiro atoms. The van der Waals surface area contributed by atoms with Crippen molar-refractivity contribution < 1.29 is 5.11 Å². The summed E-state index contributed by atoms with van der Waals surface area (Å²) in [5.74, 6) is 1.01. The van der Waals surface area contributed by atoms with Gasteiger partial charge in [0.2, 0.25) is 0 Å². The fraction of sp³-hybridized carbons (Fsp3) is 0.688. The molecule has 0 aromatic carbocycles. The van der Waals surface area contributed by atoms with Gasteiger partial charge in [0.05, 0.1) is 12.6 Å². The van der Waals surface area contributed by atoms with Crippen LogP contribution in [-0.2, 0) is 0 Å². The molecule has 0 saturated carbocycles. The first-order chi connectivity index (χ1) is 9.76. The third kappa shape index (κ3) is 3.70. The quantitative estimate of drug-likeness (QED) is 0.868. The minimum absolute atomic E-state index is 0.217. The second kappa shape index (κ2) is 7.60. The van der Waals surface area contributed by atoms with E-state index in [0.29, 0.717) is 6.04 Å². The molecule has 0 radical (unpaired) electrons. The molecule has 1 aliphatic rings. The van der Waals surface area contributed by atoms with Crippen LogP contribution < -0.4 is 10.2 Å². The lowest BCUT2D eigenvalue weighted by atomic mass is 10.1. The van der Waals surface area contributed by atoms with Crippen LogP contribution in [0.2, 0.25) is 0 Å². The fourth-order valence-corrected chi connectivity index (χ4v) is 2.95. The zero-order chi connectivity index (χ0) is 14.4. The Morgan fingerprint density at radius 2 is 2.30 bits per heavy atom. The SMILES string of the molecule is CCNC(C)c1ccnc(N2CCCCCC2CO)c1. The van der Waals surface area contributed by atoms with E-state index in [1.54, 1.807) is 0 Å². The van der Waals surface area contributed by atoms with E-state index < -0.39 is 0 Å². The summed E-state index contributed by atoms with van der Waals surface area (Å²) in [5, 5.41) is 13.1. The van der Waals surface area contributed by atoms with Crippen molar-refractivity contribution in [2.24, 2.45) is 0 Å². The number of aliphatic hydroxyl groups excluding tert-OH is 1. The number of hydrogen-bond donors (Lipinski definition) is 2. The topological polar surface area (TPSA) is 48.4 Å². The van der Waals surface area contributed by atoms with Gasteiger partial charge in [0.15, 0.2) is 0 Å². The van der Waals surface area contributed by atoms with Gasteiger partial charge in [-0.25, -0.2) is 4.98 Å². The molecule has 0 amide bonds. The first-order valence-corrected chi connectivity index (χ1v) is 7.83. The summed E-state index contributed by atoms with van der Waals surface area (Å²) in [6.07, 6.45) is 6.59. The van der Waals surface area contributed by atoms with Crippen molar-refractivity contribution in [3.05, 3.63) is 23.9 Å². The van der Waals surface area contributed by atoms with Crippen molar-refractivity contribution in [2.75, 3.05) is 24.6 Å². The van der Waals surface area contributed by atoms with E-state index in [4.69, 9.17) is 0 Å². The number of anilines is 1. The van der Waals surface area contributed by atoms with E-state index in [1.165, 1.54) is 24.8 Å². The molecule has 2 unspecified atom stereocenters. The van der Waals surface area contributed by atoms with Gasteiger partial charge in [0, 0.05) is 18.8 Å². The third-order valence-electron chi connectivity index (χ3n) is 4.16.